The lowest BCUT2D eigenvalue weighted by atomic mass is 10.0. The third-order valence-electron chi connectivity index (χ3n) is 3.01. The molecule has 1 saturated heterocycles. The van der Waals surface area contributed by atoms with Gasteiger partial charge in [-0.25, -0.2) is 4.79 Å². The molecule has 6 nitrogen and oxygen atoms in total. The van der Waals surface area contributed by atoms with Crippen LogP contribution in [0.1, 0.15) is 27.2 Å². The quantitative estimate of drug-likeness (QED) is 0.745. The van der Waals surface area contributed by atoms with Crippen molar-refractivity contribution in [1.29, 1.82) is 0 Å². The van der Waals surface area contributed by atoms with E-state index >= 15 is 0 Å². The van der Waals surface area contributed by atoms with Gasteiger partial charge in [-0.1, -0.05) is 13.8 Å². The third kappa shape index (κ3) is 2.30. The molecule has 0 aromatic carbocycles. The van der Waals surface area contributed by atoms with Crippen LogP contribution >= 0.6 is 0 Å². The van der Waals surface area contributed by atoms with Gasteiger partial charge in [0.1, 0.15) is 6.10 Å². The lowest BCUT2D eigenvalue weighted by molar-refractivity contribution is -0.178. The first-order valence-corrected chi connectivity index (χ1v) is 5.97. The highest BCUT2D eigenvalue weighted by atomic mass is 16.8. The Morgan fingerprint density at radius 3 is 2.61 bits per heavy atom. The van der Waals surface area contributed by atoms with Crippen molar-refractivity contribution in [3.63, 3.8) is 0 Å². The van der Waals surface area contributed by atoms with Gasteiger partial charge in [0, 0.05) is 6.42 Å². The number of ether oxygens (including phenoxy) is 3. The number of aliphatic hydroxyl groups excluding tert-OH is 2. The molecule has 0 saturated carbocycles. The SMILES string of the molecule is CC(C)C[C@]1(C)OC[C@H]([C@@H]2OC(=O)C(O)=C2O)O1. The molecule has 0 amide bonds. The van der Waals surface area contributed by atoms with Crippen molar-refractivity contribution < 1.29 is 29.2 Å². The van der Waals surface area contributed by atoms with Gasteiger partial charge in [-0.2, -0.15) is 0 Å². The summed E-state index contributed by atoms with van der Waals surface area (Å²) >= 11 is 0. The minimum atomic E-state index is -0.980. The Hall–Kier alpha value is -1.27. The average Bonchev–Trinajstić information content (AvgIpc) is 2.74. The Bertz CT molecular complexity index is 388. The fourth-order valence-electron chi connectivity index (χ4n) is 2.36. The van der Waals surface area contributed by atoms with Crippen LogP contribution in [-0.4, -0.2) is 40.8 Å². The van der Waals surface area contributed by atoms with Crippen LogP contribution < -0.4 is 0 Å². The van der Waals surface area contributed by atoms with Crippen LogP contribution in [0.3, 0.4) is 0 Å². The minimum Gasteiger partial charge on any atom is -0.505 e. The molecule has 18 heavy (non-hydrogen) atoms. The van der Waals surface area contributed by atoms with Crippen molar-refractivity contribution in [1.82, 2.24) is 0 Å². The molecule has 0 aromatic rings. The van der Waals surface area contributed by atoms with E-state index in [0.29, 0.717) is 12.3 Å². The second-order valence-electron chi connectivity index (χ2n) is 5.26. The van der Waals surface area contributed by atoms with E-state index in [2.05, 4.69) is 0 Å². The number of rotatable bonds is 3. The third-order valence-corrected chi connectivity index (χ3v) is 3.01. The molecule has 0 aromatic heterocycles. The molecule has 0 spiro atoms. The Labute approximate surface area is 105 Å². The summed E-state index contributed by atoms with van der Waals surface area (Å²) in [5, 5.41) is 18.8. The zero-order valence-corrected chi connectivity index (χ0v) is 10.7. The molecule has 2 aliphatic heterocycles. The van der Waals surface area contributed by atoms with Gasteiger partial charge in [0.15, 0.2) is 17.7 Å². The maximum atomic E-state index is 11.1. The Morgan fingerprint density at radius 2 is 2.11 bits per heavy atom. The first-order valence-electron chi connectivity index (χ1n) is 5.97. The molecule has 2 rings (SSSR count). The van der Waals surface area contributed by atoms with Crippen LogP contribution in [0.4, 0.5) is 0 Å². The smallest absolute Gasteiger partial charge is 0.377 e. The number of esters is 1. The molecule has 2 heterocycles. The van der Waals surface area contributed by atoms with Gasteiger partial charge >= 0.3 is 5.97 Å². The van der Waals surface area contributed by atoms with E-state index in [4.69, 9.17) is 14.2 Å². The highest BCUT2D eigenvalue weighted by Gasteiger charge is 2.48. The van der Waals surface area contributed by atoms with Crippen LogP contribution in [0, 0.1) is 5.92 Å². The number of aliphatic hydroxyl groups is 2. The molecule has 0 unspecified atom stereocenters. The van der Waals surface area contributed by atoms with Gasteiger partial charge in [0.25, 0.3) is 0 Å². The van der Waals surface area contributed by atoms with Crippen LogP contribution in [0.15, 0.2) is 11.5 Å². The highest BCUT2D eigenvalue weighted by Crippen LogP contribution is 2.34. The van der Waals surface area contributed by atoms with Crippen molar-refractivity contribution in [3.05, 3.63) is 11.5 Å². The Morgan fingerprint density at radius 1 is 1.44 bits per heavy atom. The van der Waals surface area contributed by atoms with Crippen molar-refractivity contribution >= 4 is 5.97 Å². The van der Waals surface area contributed by atoms with Gasteiger partial charge in [0.05, 0.1) is 6.61 Å². The first-order chi connectivity index (χ1) is 8.32. The van der Waals surface area contributed by atoms with Gasteiger partial charge < -0.3 is 24.4 Å². The molecular weight excluding hydrogens is 240 g/mol. The van der Waals surface area contributed by atoms with Crippen LogP contribution in [0.2, 0.25) is 0 Å². The van der Waals surface area contributed by atoms with Crippen LogP contribution in [0.5, 0.6) is 0 Å². The largest absolute Gasteiger partial charge is 0.505 e. The zero-order chi connectivity index (χ0) is 13.5. The van der Waals surface area contributed by atoms with Crippen molar-refractivity contribution in [2.75, 3.05) is 6.61 Å². The minimum absolute atomic E-state index is 0.207. The number of carbonyl (C=O) groups excluding carboxylic acids is 1. The lowest BCUT2D eigenvalue weighted by Crippen LogP contribution is -2.34. The van der Waals surface area contributed by atoms with E-state index in [0.717, 1.165) is 0 Å². The zero-order valence-electron chi connectivity index (χ0n) is 10.7. The number of carbonyl (C=O) groups is 1. The normalized spacial score (nSPS) is 36.6. The summed E-state index contributed by atoms with van der Waals surface area (Å²) < 4.78 is 16.1. The number of cyclic esters (lactones) is 1. The molecule has 1 fully saturated rings. The summed E-state index contributed by atoms with van der Waals surface area (Å²) in [7, 11) is 0. The predicted molar refractivity (Wildman–Crippen MR) is 60.8 cm³/mol. The number of hydrogen-bond acceptors (Lipinski definition) is 6. The van der Waals surface area contributed by atoms with E-state index in [1.165, 1.54) is 0 Å². The van der Waals surface area contributed by atoms with E-state index < -0.39 is 35.5 Å². The van der Waals surface area contributed by atoms with E-state index in [9.17, 15) is 15.0 Å². The highest BCUT2D eigenvalue weighted by molar-refractivity contribution is 5.89. The van der Waals surface area contributed by atoms with E-state index in [1.54, 1.807) is 0 Å². The summed E-state index contributed by atoms with van der Waals surface area (Å²) in [5.74, 6) is -2.52. The van der Waals surface area contributed by atoms with Crippen LogP contribution in [0.25, 0.3) is 0 Å². The second-order valence-corrected chi connectivity index (χ2v) is 5.26. The molecule has 2 aliphatic rings. The average molecular weight is 258 g/mol. The summed E-state index contributed by atoms with van der Waals surface area (Å²) in [6.45, 7) is 6.11. The maximum Gasteiger partial charge on any atom is 0.377 e. The lowest BCUT2D eigenvalue weighted by Gasteiger charge is -2.26. The van der Waals surface area contributed by atoms with Crippen molar-refractivity contribution in [3.8, 4) is 0 Å². The topological polar surface area (TPSA) is 85.2 Å². The molecule has 6 heteroatoms. The van der Waals surface area contributed by atoms with E-state index in [1.807, 2.05) is 20.8 Å². The predicted octanol–water partition coefficient (Wildman–Crippen LogP) is 1.42. The monoisotopic (exact) mass is 258 g/mol. The van der Waals surface area contributed by atoms with Crippen LogP contribution in [-0.2, 0) is 19.0 Å². The van der Waals surface area contributed by atoms with Gasteiger partial charge in [-0.3, -0.25) is 0 Å². The van der Waals surface area contributed by atoms with Crippen molar-refractivity contribution in [2.24, 2.45) is 5.92 Å². The maximum absolute atomic E-state index is 11.1. The first kappa shape index (κ1) is 13.2. The van der Waals surface area contributed by atoms with Crippen molar-refractivity contribution in [2.45, 2.75) is 45.2 Å². The molecule has 0 radical (unpaired) electrons. The summed E-state index contributed by atoms with van der Waals surface area (Å²) in [5.41, 5.74) is 0. The Kier molecular flexibility index (Phi) is 3.25. The molecular formula is C12H18O6. The summed E-state index contributed by atoms with van der Waals surface area (Å²) in [6, 6.07) is 0. The molecule has 102 valence electrons. The fourth-order valence-corrected chi connectivity index (χ4v) is 2.36. The second kappa shape index (κ2) is 4.44. The summed E-state index contributed by atoms with van der Waals surface area (Å²) in [4.78, 5) is 11.1. The van der Waals surface area contributed by atoms with Gasteiger partial charge in [-0.15, -0.1) is 0 Å². The Balaban J connectivity index is 2.04. The standard InChI is InChI=1S/C12H18O6/c1-6(2)4-12(3)16-5-7(18-12)10-8(13)9(14)11(15)17-10/h6-7,10,13-14H,4-5H2,1-3H3/t7-,10+,12-/m1/s1. The van der Waals surface area contributed by atoms with E-state index in [-0.39, 0.29) is 6.61 Å². The molecule has 3 atom stereocenters. The molecule has 0 bridgehead atoms. The number of hydrogen-bond donors (Lipinski definition) is 2. The van der Waals surface area contributed by atoms with Gasteiger partial charge in [0.2, 0.25) is 5.76 Å². The fraction of sp³-hybridized carbons (Fsp3) is 0.750. The van der Waals surface area contributed by atoms with Gasteiger partial charge in [-0.05, 0) is 12.8 Å². The summed E-state index contributed by atoms with van der Waals surface area (Å²) in [6.07, 6.45) is -0.880. The molecule has 2 N–H and O–H groups in total. The molecule has 0 aliphatic carbocycles.